The number of hydrazine groups is 1. The summed E-state index contributed by atoms with van der Waals surface area (Å²) in [6, 6.07) is 8.10. The highest BCUT2D eigenvalue weighted by atomic mass is 16.5. The van der Waals surface area contributed by atoms with Crippen LogP contribution in [0.25, 0.3) is 11.0 Å². The molecular formula is C30H47N5O3. The molecule has 8 heteroatoms. The Morgan fingerprint density at radius 3 is 2.45 bits per heavy atom. The Hall–Kier alpha value is -2.16. The van der Waals surface area contributed by atoms with Gasteiger partial charge in [-0.1, -0.05) is 44.2 Å². The number of aromatic nitrogens is 2. The number of benzene rings is 1. The number of carbonyl (C=O) groups excluding carboxylic acids is 1. The molecule has 1 saturated carbocycles. The predicted molar refractivity (Wildman–Crippen MR) is 151 cm³/mol. The minimum Gasteiger partial charge on any atom is -0.383 e. The molecule has 1 aromatic heterocycles. The first-order valence-corrected chi connectivity index (χ1v) is 15.1. The zero-order valence-corrected chi connectivity index (χ0v) is 23.4. The number of hydrogen-bond acceptors (Lipinski definition) is 5. The van der Waals surface area contributed by atoms with Crippen molar-refractivity contribution in [1.29, 1.82) is 0 Å². The van der Waals surface area contributed by atoms with Crippen LogP contribution < -0.4 is 11.1 Å². The van der Waals surface area contributed by atoms with E-state index in [1.807, 2.05) is 40.3 Å². The Bertz CT molecular complexity index is 1120. The van der Waals surface area contributed by atoms with Crippen LogP contribution >= 0.6 is 0 Å². The number of rotatable bonds is 8. The van der Waals surface area contributed by atoms with Crippen LogP contribution in [0.5, 0.6) is 0 Å². The molecule has 0 bridgehead atoms. The molecule has 2 aliphatic heterocycles. The fourth-order valence-corrected chi connectivity index (χ4v) is 7.26. The first kappa shape index (κ1) is 27.4. The van der Waals surface area contributed by atoms with Crippen LogP contribution in [0.1, 0.15) is 77.2 Å². The van der Waals surface area contributed by atoms with Crippen LogP contribution in [-0.4, -0.2) is 70.9 Å². The quantitative estimate of drug-likeness (QED) is 0.560. The van der Waals surface area contributed by atoms with Crippen molar-refractivity contribution in [3.8, 4) is 0 Å². The van der Waals surface area contributed by atoms with Crippen LogP contribution in [0.4, 0.5) is 0 Å². The molecular weight excluding hydrogens is 478 g/mol. The average Bonchev–Trinajstić information content (AvgIpc) is 3.46. The molecule has 3 heterocycles. The number of nitrogens with one attached hydrogen (secondary N) is 1. The molecule has 0 unspecified atom stereocenters. The van der Waals surface area contributed by atoms with Gasteiger partial charge in [-0.25, -0.2) is 9.80 Å². The van der Waals surface area contributed by atoms with Gasteiger partial charge in [0.1, 0.15) is 0 Å². The number of para-hydroxylation sites is 2. The molecule has 5 rings (SSSR count). The minimum atomic E-state index is -0.282. The number of nitrogens with zero attached hydrogens (tertiary/aromatic N) is 4. The molecule has 3 aliphatic rings. The third kappa shape index (κ3) is 5.87. The first-order chi connectivity index (χ1) is 18.6. The monoisotopic (exact) mass is 525 g/mol. The summed E-state index contributed by atoms with van der Waals surface area (Å²) in [5, 5.41) is 2.08. The van der Waals surface area contributed by atoms with Crippen molar-refractivity contribution < 1.29 is 9.53 Å². The molecule has 38 heavy (non-hydrogen) atoms. The largest absolute Gasteiger partial charge is 0.383 e. The van der Waals surface area contributed by atoms with Gasteiger partial charge in [0.15, 0.2) is 0 Å². The maximum atomic E-state index is 14.0. The Kier molecular flexibility index (Phi) is 9.23. The van der Waals surface area contributed by atoms with Crippen LogP contribution in [0.3, 0.4) is 0 Å². The summed E-state index contributed by atoms with van der Waals surface area (Å²) in [7, 11) is 1.72. The summed E-state index contributed by atoms with van der Waals surface area (Å²) < 4.78 is 9.21. The van der Waals surface area contributed by atoms with E-state index in [0.717, 1.165) is 49.9 Å². The Morgan fingerprint density at radius 1 is 0.974 bits per heavy atom. The zero-order chi connectivity index (χ0) is 26.5. The van der Waals surface area contributed by atoms with Gasteiger partial charge in [-0.3, -0.25) is 19.4 Å². The maximum absolute atomic E-state index is 14.0. The van der Waals surface area contributed by atoms with Crippen molar-refractivity contribution in [3.05, 3.63) is 34.7 Å². The standard InChI is InChI=1S/C30H47N5O3/c1-3-33-27-15-9-10-16-28(27)35(30(33)37)26-17-19-32(20-23-12-7-5-4-6-8-13-23)21-25(26)29(36)31-34-18-11-14-24(34)22-38-2/h9-10,15-16,23-26H,3-8,11-14,17-22H2,1-2H3,(H,31,36)/t24-,25+,26+/m1/s1. The highest BCUT2D eigenvalue weighted by molar-refractivity contribution is 5.80. The second kappa shape index (κ2) is 12.8. The molecule has 1 amide bonds. The van der Waals surface area contributed by atoms with Gasteiger partial charge in [0.2, 0.25) is 5.91 Å². The van der Waals surface area contributed by atoms with E-state index in [9.17, 15) is 9.59 Å². The molecule has 210 valence electrons. The molecule has 2 saturated heterocycles. The molecule has 0 spiro atoms. The lowest BCUT2D eigenvalue weighted by atomic mass is 9.87. The van der Waals surface area contributed by atoms with E-state index in [0.29, 0.717) is 25.6 Å². The smallest absolute Gasteiger partial charge is 0.329 e. The summed E-state index contributed by atoms with van der Waals surface area (Å²) in [5.41, 5.74) is 5.18. The van der Waals surface area contributed by atoms with Crippen LogP contribution in [0.2, 0.25) is 0 Å². The molecule has 1 aromatic carbocycles. The van der Waals surface area contributed by atoms with E-state index in [4.69, 9.17) is 4.74 Å². The van der Waals surface area contributed by atoms with Gasteiger partial charge in [0, 0.05) is 39.8 Å². The molecule has 1 aliphatic carbocycles. The fourth-order valence-electron chi connectivity index (χ4n) is 7.26. The average molecular weight is 526 g/mol. The Labute approximate surface area is 227 Å². The van der Waals surface area contributed by atoms with E-state index in [1.165, 1.54) is 44.9 Å². The number of piperidine rings is 1. The minimum absolute atomic E-state index is 0.00315. The number of likely N-dealkylation sites (tertiary alicyclic amines) is 1. The summed E-state index contributed by atoms with van der Waals surface area (Å²) in [6.07, 6.45) is 12.2. The molecule has 1 N–H and O–H groups in total. The lowest BCUT2D eigenvalue weighted by Gasteiger charge is -2.40. The number of methoxy groups -OCH3 is 1. The molecule has 3 fully saturated rings. The van der Waals surface area contributed by atoms with Gasteiger partial charge in [0.05, 0.1) is 35.6 Å². The van der Waals surface area contributed by atoms with Gasteiger partial charge >= 0.3 is 5.69 Å². The molecule has 2 aromatic rings. The van der Waals surface area contributed by atoms with Crippen molar-refractivity contribution in [3.63, 3.8) is 0 Å². The lowest BCUT2D eigenvalue weighted by Crippen LogP contribution is -2.55. The first-order valence-electron chi connectivity index (χ1n) is 15.1. The Morgan fingerprint density at radius 2 is 1.71 bits per heavy atom. The number of carbonyl (C=O) groups is 1. The van der Waals surface area contributed by atoms with Crippen molar-refractivity contribution in [2.75, 3.05) is 39.9 Å². The summed E-state index contributed by atoms with van der Waals surface area (Å²) in [6.45, 7) is 6.80. The van der Waals surface area contributed by atoms with Crippen LogP contribution in [0.15, 0.2) is 29.1 Å². The van der Waals surface area contributed by atoms with Gasteiger partial charge < -0.3 is 9.64 Å². The molecule has 0 radical (unpaired) electrons. The number of imidazole rings is 1. The highest BCUT2D eigenvalue weighted by Gasteiger charge is 2.39. The normalized spacial score (nSPS) is 26.4. The summed E-state index contributed by atoms with van der Waals surface area (Å²) >= 11 is 0. The van der Waals surface area contributed by atoms with Crippen LogP contribution in [-0.2, 0) is 16.1 Å². The van der Waals surface area contributed by atoms with E-state index in [1.54, 1.807) is 7.11 Å². The number of fused-ring (bicyclic) bond motifs is 1. The topological polar surface area (TPSA) is 71.7 Å². The number of ether oxygens (including phenoxy) is 1. The maximum Gasteiger partial charge on any atom is 0.329 e. The number of aryl methyl sites for hydroxylation is 1. The SMILES string of the molecule is CCn1c(=O)n([C@H]2CCN(CC3CCCCCCC3)C[C@@H]2C(=O)NN2CCC[C@@H]2COC)c2ccccc21. The van der Waals surface area contributed by atoms with Crippen molar-refractivity contribution in [1.82, 2.24) is 24.5 Å². The van der Waals surface area contributed by atoms with E-state index >= 15 is 0 Å². The lowest BCUT2D eigenvalue weighted by molar-refractivity contribution is -0.134. The molecule has 8 nitrogen and oxygen atoms in total. The third-order valence-electron chi connectivity index (χ3n) is 9.25. The number of hydrogen-bond donors (Lipinski definition) is 1. The summed E-state index contributed by atoms with van der Waals surface area (Å²) in [5.74, 6) is 0.473. The van der Waals surface area contributed by atoms with E-state index in [2.05, 4.69) is 15.3 Å². The number of amides is 1. The molecule has 3 atom stereocenters. The van der Waals surface area contributed by atoms with E-state index < -0.39 is 0 Å². The zero-order valence-electron chi connectivity index (χ0n) is 23.4. The van der Waals surface area contributed by atoms with Gasteiger partial charge in [-0.05, 0) is 57.1 Å². The van der Waals surface area contributed by atoms with Crippen molar-refractivity contribution in [2.45, 2.75) is 89.8 Å². The second-order valence-electron chi connectivity index (χ2n) is 11.7. The second-order valence-corrected chi connectivity index (χ2v) is 11.7. The van der Waals surface area contributed by atoms with Gasteiger partial charge in [0.25, 0.3) is 0 Å². The van der Waals surface area contributed by atoms with E-state index in [-0.39, 0.29) is 29.6 Å². The van der Waals surface area contributed by atoms with Crippen LogP contribution in [0, 0.1) is 11.8 Å². The summed E-state index contributed by atoms with van der Waals surface area (Å²) in [4.78, 5) is 30.2. The van der Waals surface area contributed by atoms with Crippen molar-refractivity contribution >= 4 is 16.9 Å². The highest BCUT2D eigenvalue weighted by Crippen LogP contribution is 2.33. The van der Waals surface area contributed by atoms with Gasteiger partial charge in [-0.2, -0.15) is 0 Å². The van der Waals surface area contributed by atoms with Crippen molar-refractivity contribution in [2.24, 2.45) is 11.8 Å². The predicted octanol–water partition coefficient (Wildman–Crippen LogP) is 4.19. The van der Waals surface area contributed by atoms with Gasteiger partial charge in [-0.15, -0.1) is 0 Å². The fraction of sp³-hybridized carbons (Fsp3) is 0.733. The third-order valence-corrected chi connectivity index (χ3v) is 9.25. The Balaban J connectivity index is 1.41.